The molecule has 0 aromatic carbocycles. The maximum atomic E-state index is 13.0. The van der Waals surface area contributed by atoms with Crippen LogP contribution in [0.25, 0.3) is 0 Å². The number of alkyl halides is 1. The van der Waals surface area contributed by atoms with Crippen molar-refractivity contribution >= 4 is 15.8 Å². The zero-order valence-electron chi connectivity index (χ0n) is 6.94. The molecule has 1 rings (SSSR count). The molecule has 1 heterocycles. The summed E-state index contributed by atoms with van der Waals surface area (Å²) in [6, 6.07) is 0. The Morgan fingerprint density at radius 1 is 1.46 bits per heavy atom. The SMILES string of the molecule is O=C(O)CCC1CS(=O)(=O)CC1F. The molecule has 1 aliphatic heterocycles. The molecule has 0 amide bonds. The summed E-state index contributed by atoms with van der Waals surface area (Å²) in [5, 5.41) is 8.32. The number of carboxylic acid groups (broad SMARTS) is 1. The van der Waals surface area contributed by atoms with Gasteiger partial charge in [0.25, 0.3) is 0 Å². The highest BCUT2D eigenvalue weighted by Crippen LogP contribution is 2.25. The first kappa shape index (κ1) is 10.4. The van der Waals surface area contributed by atoms with Crippen LogP contribution in [0.3, 0.4) is 0 Å². The van der Waals surface area contributed by atoms with Crippen LogP contribution in [0.15, 0.2) is 0 Å². The van der Waals surface area contributed by atoms with Crippen molar-refractivity contribution in [1.82, 2.24) is 0 Å². The quantitative estimate of drug-likeness (QED) is 0.724. The molecule has 6 heteroatoms. The maximum Gasteiger partial charge on any atom is 0.303 e. The Balaban J connectivity index is 2.49. The van der Waals surface area contributed by atoms with Crippen LogP contribution in [0.1, 0.15) is 12.8 Å². The highest BCUT2D eigenvalue weighted by Gasteiger charge is 2.37. The van der Waals surface area contributed by atoms with E-state index in [-0.39, 0.29) is 18.6 Å². The summed E-state index contributed by atoms with van der Waals surface area (Å²) in [7, 11) is -3.26. The van der Waals surface area contributed by atoms with Crippen LogP contribution < -0.4 is 0 Å². The van der Waals surface area contributed by atoms with Crippen molar-refractivity contribution in [3.05, 3.63) is 0 Å². The molecule has 0 radical (unpaired) electrons. The van der Waals surface area contributed by atoms with E-state index < -0.39 is 33.6 Å². The highest BCUT2D eigenvalue weighted by atomic mass is 32.2. The molecule has 0 aliphatic carbocycles. The van der Waals surface area contributed by atoms with E-state index in [9.17, 15) is 17.6 Å². The Hall–Kier alpha value is -0.650. The van der Waals surface area contributed by atoms with Gasteiger partial charge in [0.15, 0.2) is 9.84 Å². The molecule has 0 spiro atoms. The third kappa shape index (κ3) is 2.95. The van der Waals surface area contributed by atoms with Crippen LogP contribution in [0, 0.1) is 5.92 Å². The monoisotopic (exact) mass is 210 g/mol. The van der Waals surface area contributed by atoms with E-state index in [1.807, 2.05) is 0 Å². The Bertz CT molecular complexity index is 298. The Labute approximate surface area is 75.7 Å². The summed E-state index contributed by atoms with van der Waals surface area (Å²) < 4.78 is 34.8. The fourth-order valence-corrected chi connectivity index (χ4v) is 3.37. The van der Waals surface area contributed by atoms with Crippen LogP contribution >= 0.6 is 0 Å². The van der Waals surface area contributed by atoms with Crippen molar-refractivity contribution in [3.8, 4) is 0 Å². The minimum atomic E-state index is -3.26. The van der Waals surface area contributed by atoms with Crippen LogP contribution in [-0.4, -0.2) is 37.2 Å². The molecule has 0 aromatic heterocycles. The molecule has 1 N–H and O–H groups in total. The lowest BCUT2D eigenvalue weighted by atomic mass is 10.0. The number of sulfone groups is 1. The van der Waals surface area contributed by atoms with Crippen molar-refractivity contribution in [2.45, 2.75) is 19.0 Å². The minimum absolute atomic E-state index is 0.107. The van der Waals surface area contributed by atoms with Gasteiger partial charge in [0.2, 0.25) is 0 Å². The molecule has 1 saturated heterocycles. The van der Waals surface area contributed by atoms with Crippen molar-refractivity contribution < 1.29 is 22.7 Å². The third-order valence-electron chi connectivity index (χ3n) is 2.12. The van der Waals surface area contributed by atoms with Crippen molar-refractivity contribution in [2.24, 2.45) is 5.92 Å². The molecule has 2 unspecified atom stereocenters. The topological polar surface area (TPSA) is 71.4 Å². The lowest BCUT2D eigenvalue weighted by molar-refractivity contribution is -0.137. The number of hydrogen-bond donors (Lipinski definition) is 1. The Morgan fingerprint density at radius 2 is 2.08 bits per heavy atom. The molecule has 76 valence electrons. The van der Waals surface area contributed by atoms with Crippen LogP contribution in [0.2, 0.25) is 0 Å². The van der Waals surface area contributed by atoms with Gasteiger partial charge in [-0.1, -0.05) is 0 Å². The number of rotatable bonds is 3. The average molecular weight is 210 g/mol. The predicted molar refractivity (Wildman–Crippen MR) is 43.9 cm³/mol. The molecular formula is C7H11FO4S. The predicted octanol–water partition coefficient (Wildman–Crippen LogP) is 0.234. The number of aliphatic carboxylic acids is 1. The number of halogens is 1. The second kappa shape index (κ2) is 3.61. The number of carboxylic acids is 1. The van der Waals surface area contributed by atoms with Crippen molar-refractivity contribution in [3.63, 3.8) is 0 Å². The van der Waals surface area contributed by atoms with Gasteiger partial charge in [-0.3, -0.25) is 4.79 Å². The molecular weight excluding hydrogens is 199 g/mol. The number of hydrogen-bond acceptors (Lipinski definition) is 3. The van der Waals surface area contributed by atoms with Crippen molar-refractivity contribution in [1.29, 1.82) is 0 Å². The number of carbonyl (C=O) groups is 1. The van der Waals surface area contributed by atoms with Gasteiger partial charge in [-0.05, 0) is 6.42 Å². The van der Waals surface area contributed by atoms with Crippen LogP contribution in [-0.2, 0) is 14.6 Å². The van der Waals surface area contributed by atoms with E-state index in [1.54, 1.807) is 0 Å². The second-order valence-electron chi connectivity index (χ2n) is 3.29. The van der Waals surface area contributed by atoms with Gasteiger partial charge in [0.1, 0.15) is 6.17 Å². The van der Waals surface area contributed by atoms with Gasteiger partial charge in [-0.2, -0.15) is 0 Å². The van der Waals surface area contributed by atoms with E-state index in [2.05, 4.69) is 0 Å². The minimum Gasteiger partial charge on any atom is -0.481 e. The van der Waals surface area contributed by atoms with Crippen LogP contribution in [0.4, 0.5) is 4.39 Å². The van der Waals surface area contributed by atoms with Gasteiger partial charge in [0.05, 0.1) is 11.5 Å². The van der Waals surface area contributed by atoms with Gasteiger partial charge >= 0.3 is 5.97 Å². The van der Waals surface area contributed by atoms with E-state index in [1.165, 1.54) is 0 Å². The van der Waals surface area contributed by atoms with Gasteiger partial charge < -0.3 is 5.11 Å². The zero-order valence-corrected chi connectivity index (χ0v) is 7.76. The van der Waals surface area contributed by atoms with Gasteiger partial charge in [-0.25, -0.2) is 12.8 Å². The fraction of sp³-hybridized carbons (Fsp3) is 0.857. The first-order valence-corrected chi connectivity index (χ1v) is 5.79. The van der Waals surface area contributed by atoms with Gasteiger partial charge in [0, 0.05) is 12.3 Å². The molecule has 0 aromatic rings. The Morgan fingerprint density at radius 3 is 2.46 bits per heavy atom. The lowest BCUT2D eigenvalue weighted by Gasteiger charge is -2.07. The standard InChI is InChI=1S/C7H11FO4S/c8-6-4-13(11,12)3-5(6)1-2-7(9)10/h5-6H,1-4H2,(H,9,10). The molecule has 4 nitrogen and oxygen atoms in total. The third-order valence-corrected chi connectivity index (χ3v) is 3.88. The first-order chi connectivity index (χ1) is 5.91. The largest absolute Gasteiger partial charge is 0.481 e. The van der Waals surface area contributed by atoms with E-state index in [0.29, 0.717) is 0 Å². The van der Waals surface area contributed by atoms with Gasteiger partial charge in [-0.15, -0.1) is 0 Å². The molecule has 13 heavy (non-hydrogen) atoms. The average Bonchev–Trinajstić information content (AvgIpc) is 2.20. The van der Waals surface area contributed by atoms with Crippen molar-refractivity contribution in [2.75, 3.05) is 11.5 Å². The zero-order chi connectivity index (χ0) is 10.1. The molecule has 1 fully saturated rings. The fourth-order valence-electron chi connectivity index (χ4n) is 1.45. The highest BCUT2D eigenvalue weighted by molar-refractivity contribution is 7.91. The molecule has 2 atom stereocenters. The summed E-state index contributed by atoms with van der Waals surface area (Å²) in [4.78, 5) is 10.2. The molecule has 0 saturated carbocycles. The Kier molecular flexibility index (Phi) is 2.90. The first-order valence-electron chi connectivity index (χ1n) is 3.97. The summed E-state index contributed by atoms with van der Waals surface area (Å²) in [6.45, 7) is 0. The molecule has 1 aliphatic rings. The summed E-state index contributed by atoms with van der Waals surface area (Å²) in [6.07, 6.45) is -1.44. The second-order valence-corrected chi connectivity index (χ2v) is 5.44. The van der Waals surface area contributed by atoms with Crippen LogP contribution in [0.5, 0.6) is 0 Å². The maximum absolute atomic E-state index is 13.0. The summed E-state index contributed by atoms with van der Waals surface area (Å²) in [5.41, 5.74) is 0. The van der Waals surface area contributed by atoms with E-state index in [4.69, 9.17) is 5.11 Å². The smallest absolute Gasteiger partial charge is 0.303 e. The normalized spacial score (nSPS) is 31.8. The summed E-state index contributed by atoms with van der Waals surface area (Å²) >= 11 is 0. The molecule has 0 bridgehead atoms. The van der Waals surface area contributed by atoms with E-state index in [0.717, 1.165) is 0 Å². The lowest BCUT2D eigenvalue weighted by Crippen LogP contribution is -2.14. The van der Waals surface area contributed by atoms with E-state index >= 15 is 0 Å². The summed E-state index contributed by atoms with van der Waals surface area (Å²) in [5.74, 6) is -2.30.